The largest absolute Gasteiger partial charge is 0.496 e. The fourth-order valence-corrected chi connectivity index (χ4v) is 1.88. The van der Waals surface area contributed by atoms with E-state index in [1.54, 1.807) is 13.2 Å². The van der Waals surface area contributed by atoms with Gasteiger partial charge in [-0.2, -0.15) is 5.26 Å². The Balaban J connectivity index is 2.55. The molecule has 2 aromatic rings. The summed E-state index contributed by atoms with van der Waals surface area (Å²) in [5.41, 5.74) is 3.12. The first-order valence-corrected chi connectivity index (χ1v) is 5.57. The lowest BCUT2D eigenvalue weighted by molar-refractivity contribution is 0.274. The summed E-state index contributed by atoms with van der Waals surface area (Å²) in [4.78, 5) is 0. The van der Waals surface area contributed by atoms with E-state index in [0.717, 1.165) is 16.7 Å². The van der Waals surface area contributed by atoms with Crippen LogP contribution in [0.1, 0.15) is 11.1 Å². The van der Waals surface area contributed by atoms with Crippen LogP contribution in [-0.2, 0) is 6.61 Å². The summed E-state index contributed by atoms with van der Waals surface area (Å²) in [6.07, 6.45) is 0. The van der Waals surface area contributed by atoms with E-state index in [9.17, 15) is 5.11 Å². The van der Waals surface area contributed by atoms with Gasteiger partial charge in [-0.25, -0.2) is 0 Å². The third kappa shape index (κ3) is 2.20. The van der Waals surface area contributed by atoms with Crippen molar-refractivity contribution in [1.29, 1.82) is 5.26 Å². The van der Waals surface area contributed by atoms with Crippen molar-refractivity contribution in [3.05, 3.63) is 53.6 Å². The van der Waals surface area contributed by atoms with Crippen molar-refractivity contribution in [3.8, 4) is 22.9 Å². The molecule has 3 nitrogen and oxygen atoms in total. The third-order valence-corrected chi connectivity index (χ3v) is 2.82. The molecule has 0 saturated heterocycles. The molecule has 0 aromatic heterocycles. The molecule has 2 aromatic carbocycles. The monoisotopic (exact) mass is 239 g/mol. The smallest absolute Gasteiger partial charge is 0.124 e. The molecule has 0 atom stereocenters. The number of methoxy groups -OCH3 is 1. The predicted molar refractivity (Wildman–Crippen MR) is 69.1 cm³/mol. The highest BCUT2D eigenvalue weighted by Crippen LogP contribution is 2.29. The average molecular weight is 239 g/mol. The lowest BCUT2D eigenvalue weighted by Gasteiger charge is -2.10. The maximum Gasteiger partial charge on any atom is 0.124 e. The second-order valence-electron chi connectivity index (χ2n) is 3.84. The summed E-state index contributed by atoms with van der Waals surface area (Å²) >= 11 is 0. The topological polar surface area (TPSA) is 53.2 Å². The van der Waals surface area contributed by atoms with Crippen LogP contribution in [0.4, 0.5) is 0 Å². The number of benzene rings is 2. The Morgan fingerprint density at radius 1 is 1.22 bits per heavy atom. The van der Waals surface area contributed by atoms with E-state index in [1.807, 2.05) is 36.4 Å². The molecule has 0 saturated carbocycles. The molecule has 0 heterocycles. The Bertz CT molecular complexity index is 600. The first kappa shape index (κ1) is 12.2. The van der Waals surface area contributed by atoms with Gasteiger partial charge in [0.25, 0.3) is 0 Å². The summed E-state index contributed by atoms with van der Waals surface area (Å²) in [7, 11) is 1.56. The predicted octanol–water partition coefficient (Wildman–Crippen LogP) is 2.73. The molecule has 0 aliphatic rings. The lowest BCUT2D eigenvalue weighted by Crippen LogP contribution is -1.93. The van der Waals surface area contributed by atoms with Crippen LogP contribution in [0.5, 0.6) is 5.75 Å². The molecule has 0 fully saturated rings. The molecule has 0 spiro atoms. The quantitative estimate of drug-likeness (QED) is 0.896. The minimum atomic E-state index is -0.0661. The molecule has 0 bridgehead atoms. The number of hydrogen-bond acceptors (Lipinski definition) is 3. The van der Waals surface area contributed by atoms with Crippen molar-refractivity contribution in [2.75, 3.05) is 7.11 Å². The van der Waals surface area contributed by atoms with Crippen LogP contribution in [0.3, 0.4) is 0 Å². The van der Waals surface area contributed by atoms with Gasteiger partial charge in [0, 0.05) is 5.56 Å². The molecule has 0 radical (unpaired) electrons. The van der Waals surface area contributed by atoms with Gasteiger partial charge in [-0.05, 0) is 23.3 Å². The second-order valence-corrected chi connectivity index (χ2v) is 3.84. The maximum atomic E-state index is 9.18. The summed E-state index contributed by atoms with van der Waals surface area (Å²) in [6.45, 7) is -0.0661. The number of nitrogens with zero attached hydrogens (tertiary/aromatic N) is 1. The molecule has 2 rings (SSSR count). The number of ether oxygens (including phenoxy) is 1. The molecule has 90 valence electrons. The molecule has 0 aliphatic heterocycles. The molecular formula is C15H13NO2. The van der Waals surface area contributed by atoms with Crippen LogP contribution >= 0.6 is 0 Å². The third-order valence-electron chi connectivity index (χ3n) is 2.82. The van der Waals surface area contributed by atoms with Gasteiger partial charge in [-0.1, -0.05) is 30.3 Å². The van der Waals surface area contributed by atoms with Gasteiger partial charge < -0.3 is 9.84 Å². The molecule has 0 unspecified atom stereocenters. The van der Waals surface area contributed by atoms with Crippen LogP contribution in [0.15, 0.2) is 42.5 Å². The normalized spacial score (nSPS) is 9.83. The van der Waals surface area contributed by atoms with E-state index < -0.39 is 0 Å². The van der Waals surface area contributed by atoms with Gasteiger partial charge in [0.1, 0.15) is 5.75 Å². The van der Waals surface area contributed by atoms with Crippen LogP contribution in [0.25, 0.3) is 11.1 Å². The lowest BCUT2D eigenvalue weighted by atomic mass is 9.99. The van der Waals surface area contributed by atoms with Crippen molar-refractivity contribution in [1.82, 2.24) is 0 Å². The Morgan fingerprint density at radius 3 is 2.67 bits per heavy atom. The number of aliphatic hydroxyl groups is 1. The zero-order chi connectivity index (χ0) is 13.0. The highest BCUT2D eigenvalue weighted by molar-refractivity contribution is 5.72. The van der Waals surface area contributed by atoms with Gasteiger partial charge in [0.05, 0.1) is 25.3 Å². The molecular weight excluding hydrogens is 226 g/mol. The van der Waals surface area contributed by atoms with Gasteiger partial charge in [-0.15, -0.1) is 0 Å². The number of nitriles is 1. The van der Waals surface area contributed by atoms with Crippen LogP contribution in [0, 0.1) is 11.3 Å². The fourth-order valence-electron chi connectivity index (χ4n) is 1.88. The van der Waals surface area contributed by atoms with E-state index in [4.69, 9.17) is 10.00 Å². The molecule has 1 N–H and O–H groups in total. The van der Waals surface area contributed by atoms with E-state index in [-0.39, 0.29) is 6.61 Å². The molecule has 0 aliphatic carbocycles. The number of aliphatic hydroxyl groups excluding tert-OH is 1. The summed E-state index contributed by atoms with van der Waals surface area (Å²) in [5.74, 6) is 0.628. The van der Waals surface area contributed by atoms with Crippen LogP contribution in [0.2, 0.25) is 0 Å². The molecule has 0 amide bonds. The van der Waals surface area contributed by atoms with Gasteiger partial charge in [0.2, 0.25) is 0 Å². The Hall–Kier alpha value is -2.31. The molecule has 18 heavy (non-hydrogen) atoms. The van der Waals surface area contributed by atoms with E-state index in [1.165, 1.54) is 0 Å². The first-order valence-electron chi connectivity index (χ1n) is 5.57. The first-order chi connectivity index (χ1) is 8.80. The Morgan fingerprint density at radius 2 is 2.00 bits per heavy atom. The van der Waals surface area contributed by atoms with Crippen LogP contribution in [-0.4, -0.2) is 12.2 Å². The van der Waals surface area contributed by atoms with Gasteiger partial charge in [-0.3, -0.25) is 0 Å². The average Bonchev–Trinajstić information content (AvgIpc) is 2.46. The van der Waals surface area contributed by atoms with Crippen molar-refractivity contribution in [3.63, 3.8) is 0 Å². The Kier molecular flexibility index (Phi) is 3.61. The minimum Gasteiger partial charge on any atom is -0.496 e. The summed E-state index contributed by atoms with van der Waals surface area (Å²) in [6, 6.07) is 15.1. The highest BCUT2D eigenvalue weighted by Gasteiger charge is 2.08. The van der Waals surface area contributed by atoms with E-state index in [2.05, 4.69) is 6.07 Å². The number of hydrogen-bond donors (Lipinski definition) is 1. The zero-order valence-corrected chi connectivity index (χ0v) is 10.1. The molecule has 3 heteroatoms. The highest BCUT2D eigenvalue weighted by atomic mass is 16.5. The zero-order valence-electron chi connectivity index (χ0n) is 10.1. The fraction of sp³-hybridized carbons (Fsp3) is 0.133. The SMILES string of the molecule is COc1cc(-c2ccccc2C#N)ccc1CO. The second kappa shape index (κ2) is 5.35. The standard InChI is InChI=1S/C15H13NO2/c1-18-15-8-11(6-7-13(15)10-17)14-5-3-2-4-12(14)9-16/h2-8,17H,10H2,1H3. The Labute approximate surface area is 106 Å². The van der Waals surface area contributed by atoms with Crippen LogP contribution < -0.4 is 4.74 Å². The van der Waals surface area contributed by atoms with E-state index in [0.29, 0.717) is 11.3 Å². The number of rotatable bonds is 3. The maximum absolute atomic E-state index is 9.18. The van der Waals surface area contributed by atoms with Crippen molar-refractivity contribution >= 4 is 0 Å². The summed E-state index contributed by atoms with van der Waals surface area (Å²) in [5, 5.41) is 18.3. The van der Waals surface area contributed by atoms with Crippen molar-refractivity contribution in [2.24, 2.45) is 0 Å². The van der Waals surface area contributed by atoms with Crippen molar-refractivity contribution in [2.45, 2.75) is 6.61 Å². The van der Waals surface area contributed by atoms with Gasteiger partial charge in [0.15, 0.2) is 0 Å². The van der Waals surface area contributed by atoms with Crippen molar-refractivity contribution < 1.29 is 9.84 Å². The minimum absolute atomic E-state index is 0.0661. The summed E-state index contributed by atoms with van der Waals surface area (Å²) < 4.78 is 5.23. The van der Waals surface area contributed by atoms with Gasteiger partial charge >= 0.3 is 0 Å². The van der Waals surface area contributed by atoms with E-state index >= 15 is 0 Å².